The number of benzene rings is 8. The average molecular weight is 685 g/mol. The summed E-state index contributed by atoms with van der Waals surface area (Å²) in [6.07, 6.45) is 0. The second kappa shape index (κ2) is 11.4. The molecular weight excluding hydrogens is 657 g/mol. The number of aromatic nitrogens is 1. The predicted octanol–water partition coefficient (Wildman–Crippen LogP) is 14.1. The van der Waals surface area contributed by atoms with Crippen LogP contribution in [0.1, 0.15) is 0 Å². The minimum Gasteiger partial charge on any atom is -0.456 e. The van der Waals surface area contributed by atoms with Gasteiger partial charge in [-0.15, -0.1) is 11.3 Å². The van der Waals surface area contributed by atoms with E-state index in [-0.39, 0.29) is 0 Å². The molecule has 3 heterocycles. The molecule has 0 fully saturated rings. The molecule has 0 radical (unpaired) electrons. The van der Waals surface area contributed by atoms with Crippen LogP contribution >= 0.6 is 11.3 Å². The van der Waals surface area contributed by atoms with E-state index in [4.69, 9.17) is 13.8 Å². The maximum absolute atomic E-state index is 6.42. The monoisotopic (exact) mass is 684 g/mol. The molecule has 3 aromatic heterocycles. The van der Waals surface area contributed by atoms with E-state index < -0.39 is 0 Å². The molecule has 11 aromatic rings. The highest BCUT2D eigenvalue weighted by Crippen LogP contribution is 2.44. The lowest BCUT2D eigenvalue weighted by molar-refractivity contribution is 0.619. The quantitative estimate of drug-likeness (QED) is 0.181. The molecule has 0 aliphatic rings. The van der Waals surface area contributed by atoms with Gasteiger partial charge in [0, 0.05) is 48.2 Å². The Morgan fingerprint density at radius 1 is 0.442 bits per heavy atom. The number of anilines is 3. The summed E-state index contributed by atoms with van der Waals surface area (Å²) in [4.78, 5) is 7.35. The molecule has 52 heavy (non-hydrogen) atoms. The third kappa shape index (κ3) is 4.57. The summed E-state index contributed by atoms with van der Waals surface area (Å²) >= 11 is 1.83. The van der Waals surface area contributed by atoms with Gasteiger partial charge < -0.3 is 13.7 Å². The van der Waals surface area contributed by atoms with Crippen molar-refractivity contribution in [2.24, 2.45) is 0 Å². The molecule has 0 bridgehead atoms. The van der Waals surface area contributed by atoms with E-state index in [0.717, 1.165) is 55.7 Å². The summed E-state index contributed by atoms with van der Waals surface area (Å²) < 4.78 is 15.3. The summed E-state index contributed by atoms with van der Waals surface area (Å²) in [6, 6.07) is 59.9. The SMILES string of the molecule is c1ccc(-c2nc3c(ccc4oc5ccc(N(c6ccc(-c7cccc8ccccc78)cc6)c6ccc7sc8ccccc8c7c6)cc5c43)o2)cc1. The molecular formula is C47H28N2O2S. The van der Waals surface area contributed by atoms with Crippen LogP contribution in [0.2, 0.25) is 0 Å². The van der Waals surface area contributed by atoms with Crippen LogP contribution in [-0.2, 0) is 0 Å². The molecule has 0 N–H and O–H groups in total. The Labute approximate surface area is 302 Å². The van der Waals surface area contributed by atoms with Crippen molar-refractivity contribution >= 4 is 92.4 Å². The molecule has 8 aromatic carbocycles. The topological polar surface area (TPSA) is 42.4 Å². The van der Waals surface area contributed by atoms with Crippen molar-refractivity contribution in [2.45, 2.75) is 0 Å². The fourth-order valence-corrected chi connectivity index (χ4v) is 8.74. The molecule has 11 rings (SSSR count). The number of rotatable bonds is 5. The van der Waals surface area contributed by atoms with E-state index in [1.165, 1.54) is 42.1 Å². The molecule has 5 heteroatoms. The van der Waals surface area contributed by atoms with E-state index in [1.54, 1.807) is 0 Å². The zero-order chi connectivity index (χ0) is 34.2. The molecule has 4 nitrogen and oxygen atoms in total. The minimum absolute atomic E-state index is 0.595. The van der Waals surface area contributed by atoms with E-state index in [2.05, 4.69) is 132 Å². The smallest absolute Gasteiger partial charge is 0.227 e. The summed E-state index contributed by atoms with van der Waals surface area (Å²) in [5.41, 5.74) is 9.63. The molecule has 0 spiro atoms. The van der Waals surface area contributed by atoms with Crippen LogP contribution in [-0.4, -0.2) is 4.98 Å². The van der Waals surface area contributed by atoms with Gasteiger partial charge in [0.15, 0.2) is 5.58 Å². The number of oxazole rings is 1. The van der Waals surface area contributed by atoms with Crippen molar-refractivity contribution in [3.05, 3.63) is 170 Å². The van der Waals surface area contributed by atoms with Gasteiger partial charge in [-0.2, -0.15) is 0 Å². The standard InChI is InChI=1S/C47H28N2O2S/c1-2-10-31(11-3-1)47-48-46-42(51-47)25-24-41-45(46)39-28-33(21-23-40(39)50-41)49(34-22-26-44-38(27-34)37-14-6-7-16-43(37)52-44)32-19-17-30(18-20-32)36-15-8-12-29-9-4-5-13-35(29)36/h1-28H. The van der Waals surface area contributed by atoms with Crippen LogP contribution in [0, 0.1) is 0 Å². The first kappa shape index (κ1) is 29.1. The molecule has 0 atom stereocenters. The highest BCUT2D eigenvalue weighted by molar-refractivity contribution is 7.25. The van der Waals surface area contributed by atoms with Crippen molar-refractivity contribution in [3.63, 3.8) is 0 Å². The first-order valence-corrected chi connectivity index (χ1v) is 18.2. The number of thiophene rings is 1. The van der Waals surface area contributed by atoms with Gasteiger partial charge in [-0.05, 0) is 101 Å². The Hall–Kier alpha value is -6.69. The van der Waals surface area contributed by atoms with Gasteiger partial charge >= 0.3 is 0 Å². The summed E-state index contributed by atoms with van der Waals surface area (Å²) in [5.74, 6) is 0.595. The Morgan fingerprint density at radius 2 is 1.12 bits per heavy atom. The lowest BCUT2D eigenvalue weighted by atomic mass is 9.98. The van der Waals surface area contributed by atoms with Crippen molar-refractivity contribution in [1.29, 1.82) is 0 Å². The fraction of sp³-hybridized carbons (Fsp3) is 0. The van der Waals surface area contributed by atoms with Gasteiger partial charge in [-0.1, -0.05) is 91.0 Å². The van der Waals surface area contributed by atoms with Gasteiger partial charge in [0.1, 0.15) is 16.7 Å². The van der Waals surface area contributed by atoms with E-state index in [0.29, 0.717) is 5.89 Å². The molecule has 0 aliphatic heterocycles. The van der Waals surface area contributed by atoms with E-state index >= 15 is 0 Å². The van der Waals surface area contributed by atoms with Crippen molar-refractivity contribution < 1.29 is 8.83 Å². The number of furan rings is 1. The largest absolute Gasteiger partial charge is 0.456 e. The molecule has 0 aliphatic carbocycles. The lowest BCUT2D eigenvalue weighted by Gasteiger charge is -2.26. The number of nitrogens with zero attached hydrogens (tertiary/aromatic N) is 2. The van der Waals surface area contributed by atoms with Gasteiger partial charge in [-0.25, -0.2) is 4.98 Å². The van der Waals surface area contributed by atoms with Crippen LogP contribution in [0.25, 0.3) is 86.6 Å². The first-order valence-electron chi connectivity index (χ1n) is 17.4. The Bertz CT molecular complexity index is 3130. The van der Waals surface area contributed by atoms with E-state index in [9.17, 15) is 0 Å². The van der Waals surface area contributed by atoms with E-state index in [1.807, 2.05) is 53.8 Å². The molecule has 0 amide bonds. The van der Waals surface area contributed by atoms with Gasteiger partial charge in [-0.3, -0.25) is 0 Å². The van der Waals surface area contributed by atoms with Crippen molar-refractivity contribution in [3.8, 4) is 22.6 Å². The van der Waals surface area contributed by atoms with Crippen LogP contribution in [0.15, 0.2) is 179 Å². The van der Waals surface area contributed by atoms with Crippen molar-refractivity contribution in [2.75, 3.05) is 4.90 Å². The number of hydrogen-bond acceptors (Lipinski definition) is 5. The Morgan fingerprint density at radius 3 is 2.00 bits per heavy atom. The normalized spacial score (nSPS) is 11.8. The highest BCUT2D eigenvalue weighted by atomic mass is 32.1. The van der Waals surface area contributed by atoms with Gasteiger partial charge in [0.2, 0.25) is 5.89 Å². The minimum atomic E-state index is 0.595. The fourth-order valence-electron chi connectivity index (χ4n) is 7.65. The molecule has 0 saturated carbocycles. The lowest BCUT2D eigenvalue weighted by Crippen LogP contribution is -2.09. The third-order valence-electron chi connectivity index (χ3n) is 10.1. The maximum Gasteiger partial charge on any atom is 0.227 e. The van der Waals surface area contributed by atoms with Crippen LogP contribution < -0.4 is 4.90 Å². The highest BCUT2D eigenvalue weighted by Gasteiger charge is 2.20. The van der Waals surface area contributed by atoms with Crippen molar-refractivity contribution in [1.82, 2.24) is 4.98 Å². The van der Waals surface area contributed by atoms with Crippen LogP contribution in [0.4, 0.5) is 17.1 Å². The Kier molecular flexibility index (Phi) is 6.39. The zero-order valence-electron chi connectivity index (χ0n) is 27.8. The average Bonchev–Trinajstić information content (AvgIpc) is 3.91. The molecule has 0 saturated heterocycles. The third-order valence-corrected chi connectivity index (χ3v) is 11.3. The van der Waals surface area contributed by atoms with Gasteiger partial charge in [0.25, 0.3) is 0 Å². The summed E-state index contributed by atoms with van der Waals surface area (Å²) in [7, 11) is 0. The molecule has 0 unspecified atom stereocenters. The first-order chi connectivity index (χ1) is 25.7. The summed E-state index contributed by atoms with van der Waals surface area (Å²) in [5, 5.41) is 6.95. The second-order valence-electron chi connectivity index (χ2n) is 13.1. The second-order valence-corrected chi connectivity index (χ2v) is 14.2. The zero-order valence-corrected chi connectivity index (χ0v) is 28.6. The number of hydrogen-bond donors (Lipinski definition) is 0. The predicted molar refractivity (Wildman–Crippen MR) is 217 cm³/mol. The van der Waals surface area contributed by atoms with Crippen LogP contribution in [0.3, 0.4) is 0 Å². The molecule has 244 valence electrons. The summed E-state index contributed by atoms with van der Waals surface area (Å²) in [6.45, 7) is 0. The Balaban J connectivity index is 1.11. The number of fused-ring (bicyclic) bond motifs is 9. The maximum atomic E-state index is 6.42. The van der Waals surface area contributed by atoms with Crippen LogP contribution in [0.5, 0.6) is 0 Å². The van der Waals surface area contributed by atoms with Gasteiger partial charge in [0.05, 0.1) is 5.39 Å².